The molecule has 0 aliphatic heterocycles. The quantitative estimate of drug-likeness (QED) is 0.763. The smallest absolute Gasteiger partial charge is 0.232 e. The Morgan fingerprint density at radius 3 is 2.00 bits per heavy atom. The molecule has 0 atom stereocenters. The van der Waals surface area contributed by atoms with E-state index in [-0.39, 0.29) is 16.7 Å². The number of hydrogen-bond acceptors (Lipinski definition) is 2. The maximum absolute atomic E-state index is 12.1. The van der Waals surface area contributed by atoms with E-state index in [9.17, 15) is 4.79 Å². The van der Waals surface area contributed by atoms with Gasteiger partial charge in [0, 0.05) is 23.6 Å². The van der Waals surface area contributed by atoms with Crippen molar-refractivity contribution in [3.63, 3.8) is 0 Å². The van der Waals surface area contributed by atoms with Crippen LogP contribution in [-0.4, -0.2) is 17.9 Å². The monoisotopic (exact) mass is 248 g/mol. The summed E-state index contributed by atoms with van der Waals surface area (Å²) >= 11 is 0. The average molecular weight is 248 g/mol. The van der Waals surface area contributed by atoms with Crippen molar-refractivity contribution in [1.82, 2.24) is 4.98 Å². The summed E-state index contributed by atoms with van der Waals surface area (Å²) in [6, 6.07) is 3.94. The van der Waals surface area contributed by atoms with Gasteiger partial charge in [0.15, 0.2) is 0 Å². The van der Waals surface area contributed by atoms with Crippen molar-refractivity contribution < 1.29 is 4.79 Å². The van der Waals surface area contributed by atoms with Crippen LogP contribution in [0.5, 0.6) is 0 Å². The van der Waals surface area contributed by atoms with Gasteiger partial charge in [-0.15, -0.1) is 0 Å². The maximum atomic E-state index is 12.1. The van der Waals surface area contributed by atoms with Gasteiger partial charge >= 0.3 is 0 Å². The SMILES string of the molecule is CN(C(=O)C(C)(C)C)c1ccc(C(C)(C)C)nc1. The van der Waals surface area contributed by atoms with Crippen LogP contribution in [0.15, 0.2) is 18.3 Å². The summed E-state index contributed by atoms with van der Waals surface area (Å²) in [5.74, 6) is 0.0906. The van der Waals surface area contributed by atoms with Gasteiger partial charge < -0.3 is 4.90 Å². The van der Waals surface area contributed by atoms with Crippen molar-refractivity contribution in [3.05, 3.63) is 24.0 Å². The molecule has 0 saturated carbocycles. The van der Waals surface area contributed by atoms with Crippen LogP contribution < -0.4 is 4.90 Å². The molecule has 18 heavy (non-hydrogen) atoms. The first-order chi connectivity index (χ1) is 8.03. The summed E-state index contributed by atoms with van der Waals surface area (Å²) < 4.78 is 0. The number of pyridine rings is 1. The van der Waals surface area contributed by atoms with Crippen molar-refractivity contribution in [2.75, 3.05) is 11.9 Å². The van der Waals surface area contributed by atoms with Gasteiger partial charge in [-0.2, -0.15) is 0 Å². The molecule has 3 heteroatoms. The molecule has 0 aliphatic rings. The standard InChI is InChI=1S/C15H24N2O/c1-14(2,3)12-9-8-11(10-16-12)17(7)13(18)15(4,5)6/h8-10H,1-7H3. The molecule has 100 valence electrons. The molecule has 0 aromatic carbocycles. The third-order valence-corrected chi connectivity index (χ3v) is 2.85. The summed E-state index contributed by atoms with van der Waals surface area (Å²) in [4.78, 5) is 18.3. The first kappa shape index (κ1) is 14.7. The highest BCUT2D eigenvalue weighted by Gasteiger charge is 2.26. The van der Waals surface area contributed by atoms with Gasteiger partial charge in [0.05, 0.1) is 11.9 Å². The first-order valence-corrected chi connectivity index (χ1v) is 6.28. The Bertz CT molecular complexity index is 421. The molecule has 0 bridgehead atoms. The van der Waals surface area contributed by atoms with Crippen molar-refractivity contribution in [1.29, 1.82) is 0 Å². The summed E-state index contributed by atoms with van der Waals surface area (Å²) in [7, 11) is 1.79. The Kier molecular flexibility index (Phi) is 3.84. The largest absolute Gasteiger partial charge is 0.314 e. The summed E-state index contributed by atoms with van der Waals surface area (Å²) in [6.45, 7) is 12.1. The Morgan fingerprint density at radius 2 is 1.67 bits per heavy atom. The van der Waals surface area contributed by atoms with Gasteiger partial charge in [0.1, 0.15) is 0 Å². The van der Waals surface area contributed by atoms with Crippen molar-refractivity contribution in [2.45, 2.75) is 47.0 Å². The van der Waals surface area contributed by atoms with Crippen molar-refractivity contribution >= 4 is 11.6 Å². The van der Waals surface area contributed by atoms with Crippen LogP contribution in [-0.2, 0) is 10.2 Å². The fraction of sp³-hybridized carbons (Fsp3) is 0.600. The number of amides is 1. The van der Waals surface area contributed by atoms with E-state index in [0.29, 0.717) is 0 Å². The highest BCUT2D eigenvalue weighted by atomic mass is 16.2. The molecule has 1 heterocycles. The van der Waals surface area contributed by atoms with Crippen LogP contribution in [0.2, 0.25) is 0 Å². The average Bonchev–Trinajstić information content (AvgIpc) is 2.25. The molecule has 1 rings (SSSR count). The second kappa shape index (κ2) is 4.71. The minimum absolute atomic E-state index is 0.0329. The number of hydrogen-bond donors (Lipinski definition) is 0. The first-order valence-electron chi connectivity index (χ1n) is 6.28. The molecule has 0 fully saturated rings. The van der Waals surface area contributed by atoms with E-state index in [0.717, 1.165) is 11.4 Å². The van der Waals surface area contributed by atoms with Crippen molar-refractivity contribution in [3.8, 4) is 0 Å². The van der Waals surface area contributed by atoms with Gasteiger partial charge in [-0.05, 0) is 12.1 Å². The zero-order chi connectivity index (χ0) is 14.1. The maximum Gasteiger partial charge on any atom is 0.232 e. The van der Waals surface area contributed by atoms with Crippen LogP contribution in [0.25, 0.3) is 0 Å². The molecule has 0 N–H and O–H groups in total. The zero-order valence-electron chi connectivity index (χ0n) is 12.5. The number of aromatic nitrogens is 1. The van der Waals surface area contributed by atoms with Gasteiger partial charge in [0.25, 0.3) is 0 Å². The fourth-order valence-electron chi connectivity index (χ4n) is 1.65. The van der Waals surface area contributed by atoms with Gasteiger partial charge in [-0.3, -0.25) is 9.78 Å². The molecule has 0 unspecified atom stereocenters. The molecular formula is C15H24N2O. The van der Waals surface area contributed by atoms with E-state index in [1.807, 2.05) is 32.9 Å². The highest BCUT2D eigenvalue weighted by Crippen LogP contribution is 2.24. The van der Waals surface area contributed by atoms with E-state index < -0.39 is 0 Å². The van der Waals surface area contributed by atoms with Gasteiger partial charge in [-0.1, -0.05) is 41.5 Å². The molecule has 1 aromatic rings. The Labute approximate surface area is 110 Å². The second-order valence-corrected chi connectivity index (χ2v) is 6.77. The lowest BCUT2D eigenvalue weighted by Gasteiger charge is -2.26. The van der Waals surface area contributed by atoms with Crippen LogP contribution in [0, 0.1) is 5.41 Å². The molecular weight excluding hydrogens is 224 g/mol. The molecule has 0 spiro atoms. The van der Waals surface area contributed by atoms with Crippen LogP contribution in [0.3, 0.4) is 0 Å². The minimum Gasteiger partial charge on any atom is -0.314 e. The lowest BCUT2D eigenvalue weighted by molar-refractivity contribution is -0.125. The normalized spacial score (nSPS) is 12.4. The van der Waals surface area contributed by atoms with E-state index in [2.05, 4.69) is 25.8 Å². The third-order valence-electron chi connectivity index (χ3n) is 2.85. The lowest BCUT2D eigenvalue weighted by Crippen LogP contribution is -2.36. The fourth-order valence-corrected chi connectivity index (χ4v) is 1.65. The van der Waals surface area contributed by atoms with Crippen LogP contribution in [0.4, 0.5) is 5.69 Å². The predicted molar refractivity (Wildman–Crippen MR) is 75.8 cm³/mol. The molecule has 0 aliphatic carbocycles. The number of nitrogens with zero attached hydrogens (tertiary/aromatic N) is 2. The summed E-state index contributed by atoms with van der Waals surface area (Å²) in [6.07, 6.45) is 1.77. The number of rotatable bonds is 1. The van der Waals surface area contributed by atoms with E-state index >= 15 is 0 Å². The predicted octanol–water partition coefficient (Wildman–Crippen LogP) is 3.39. The van der Waals surface area contributed by atoms with Crippen LogP contribution >= 0.6 is 0 Å². The van der Waals surface area contributed by atoms with Crippen LogP contribution in [0.1, 0.15) is 47.2 Å². The Hall–Kier alpha value is -1.38. The Balaban J connectivity index is 2.96. The second-order valence-electron chi connectivity index (χ2n) is 6.77. The molecule has 0 saturated heterocycles. The summed E-state index contributed by atoms with van der Waals surface area (Å²) in [5, 5.41) is 0. The van der Waals surface area contributed by atoms with E-state index in [1.54, 1.807) is 18.1 Å². The molecule has 3 nitrogen and oxygen atoms in total. The van der Waals surface area contributed by atoms with E-state index in [1.165, 1.54) is 0 Å². The minimum atomic E-state index is -0.378. The van der Waals surface area contributed by atoms with Crippen molar-refractivity contribution in [2.24, 2.45) is 5.41 Å². The zero-order valence-corrected chi connectivity index (χ0v) is 12.5. The molecule has 0 radical (unpaired) electrons. The number of anilines is 1. The summed E-state index contributed by atoms with van der Waals surface area (Å²) in [5.41, 5.74) is 1.52. The highest BCUT2D eigenvalue weighted by molar-refractivity contribution is 5.96. The van der Waals surface area contributed by atoms with Gasteiger partial charge in [-0.25, -0.2) is 0 Å². The number of carbonyl (C=O) groups is 1. The lowest BCUT2D eigenvalue weighted by atomic mass is 9.91. The van der Waals surface area contributed by atoms with Gasteiger partial charge in [0.2, 0.25) is 5.91 Å². The van der Waals surface area contributed by atoms with E-state index in [4.69, 9.17) is 0 Å². The number of carbonyl (C=O) groups excluding carboxylic acids is 1. The molecule has 1 amide bonds. The Morgan fingerprint density at radius 1 is 1.11 bits per heavy atom. The topological polar surface area (TPSA) is 33.2 Å². The molecule has 1 aromatic heterocycles. The third kappa shape index (κ3) is 3.31.